The third-order valence-electron chi connectivity index (χ3n) is 3.45. The Morgan fingerprint density at radius 3 is 2.56 bits per heavy atom. The summed E-state index contributed by atoms with van der Waals surface area (Å²) in [4.78, 5) is 0. The number of hydrogen-bond acceptors (Lipinski definition) is 1. The molecule has 94 valence electrons. The minimum absolute atomic E-state index is 0.00278. The van der Waals surface area contributed by atoms with Crippen LogP contribution >= 0.6 is 0 Å². The third-order valence-corrected chi connectivity index (χ3v) is 3.45. The van der Waals surface area contributed by atoms with Crippen molar-refractivity contribution in [2.24, 2.45) is 5.92 Å². The molecule has 0 N–H and O–H groups in total. The van der Waals surface area contributed by atoms with Crippen molar-refractivity contribution in [3.63, 3.8) is 0 Å². The lowest BCUT2D eigenvalue weighted by Crippen LogP contribution is -2.23. The Balaban J connectivity index is 2.06. The molecule has 1 unspecified atom stereocenters. The second-order valence-corrected chi connectivity index (χ2v) is 4.76. The monoisotopic (exact) mass is 240 g/mol. The van der Waals surface area contributed by atoms with E-state index in [0.717, 1.165) is 5.56 Å². The fourth-order valence-corrected chi connectivity index (χ4v) is 2.48. The van der Waals surface area contributed by atoms with Gasteiger partial charge in [0.15, 0.2) is 6.10 Å². The highest BCUT2D eigenvalue weighted by atomic mass is 16.5. The molecule has 1 nitrogen and oxygen atoms in total. The smallest absolute Gasteiger partial charge is 0.161 e. The van der Waals surface area contributed by atoms with Gasteiger partial charge < -0.3 is 4.74 Å². The van der Waals surface area contributed by atoms with Crippen molar-refractivity contribution < 1.29 is 4.74 Å². The van der Waals surface area contributed by atoms with Crippen LogP contribution in [0.2, 0.25) is 0 Å². The molecule has 0 saturated heterocycles. The number of hydrogen-bond donors (Lipinski definition) is 0. The number of benzene rings is 1. The van der Waals surface area contributed by atoms with Crippen molar-refractivity contribution in [2.75, 3.05) is 0 Å². The molecule has 1 fully saturated rings. The predicted molar refractivity (Wildman–Crippen MR) is 75.0 cm³/mol. The first-order valence-electron chi connectivity index (χ1n) is 6.73. The molecular formula is C17H20O. The first-order valence-corrected chi connectivity index (χ1v) is 6.73. The zero-order valence-electron chi connectivity index (χ0n) is 10.8. The van der Waals surface area contributed by atoms with Crippen LogP contribution in [0, 0.1) is 17.8 Å². The summed E-state index contributed by atoms with van der Waals surface area (Å²) in [5, 5.41) is 0. The van der Waals surface area contributed by atoms with Gasteiger partial charge in [0.25, 0.3) is 0 Å². The quantitative estimate of drug-likeness (QED) is 0.569. The van der Waals surface area contributed by atoms with Crippen LogP contribution < -0.4 is 0 Å². The Bertz CT molecular complexity index is 418. The Hall–Kier alpha value is -1.68. The first kappa shape index (κ1) is 12.8. The van der Waals surface area contributed by atoms with Gasteiger partial charge in [-0.1, -0.05) is 55.9 Å². The topological polar surface area (TPSA) is 9.23 Å². The van der Waals surface area contributed by atoms with Crippen molar-refractivity contribution in [2.45, 2.75) is 38.2 Å². The highest BCUT2D eigenvalue weighted by Crippen LogP contribution is 2.27. The number of rotatable bonds is 3. The van der Waals surface area contributed by atoms with Gasteiger partial charge in [0, 0.05) is 11.5 Å². The maximum Gasteiger partial charge on any atom is 0.161 e. The highest BCUT2D eigenvalue weighted by Gasteiger charge is 2.22. The van der Waals surface area contributed by atoms with Crippen molar-refractivity contribution in [3.8, 4) is 11.8 Å². The molecule has 1 saturated carbocycles. The van der Waals surface area contributed by atoms with Crippen LogP contribution in [0.3, 0.4) is 0 Å². The minimum Gasteiger partial charge on any atom is -0.486 e. The van der Waals surface area contributed by atoms with Crippen LogP contribution in [-0.4, -0.2) is 6.10 Å². The van der Waals surface area contributed by atoms with Crippen molar-refractivity contribution in [1.82, 2.24) is 0 Å². The van der Waals surface area contributed by atoms with E-state index < -0.39 is 0 Å². The van der Waals surface area contributed by atoms with Gasteiger partial charge in [-0.25, -0.2) is 0 Å². The van der Waals surface area contributed by atoms with Crippen molar-refractivity contribution in [1.29, 1.82) is 0 Å². The second-order valence-electron chi connectivity index (χ2n) is 4.76. The lowest BCUT2D eigenvalue weighted by atomic mass is 9.85. The lowest BCUT2D eigenvalue weighted by Gasteiger charge is -2.26. The van der Waals surface area contributed by atoms with E-state index in [2.05, 4.69) is 18.4 Å². The molecule has 0 amide bonds. The van der Waals surface area contributed by atoms with E-state index in [1.54, 1.807) is 0 Å². The maximum atomic E-state index is 5.59. The molecule has 1 aromatic rings. The van der Waals surface area contributed by atoms with Gasteiger partial charge in [0.2, 0.25) is 0 Å². The summed E-state index contributed by atoms with van der Waals surface area (Å²) in [6.07, 6.45) is 7.93. The molecule has 0 radical (unpaired) electrons. The average Bonchev–Trinajstić information content (AvgIpc) is 2.45. The van der Waals surface area contributed by atoms with E-state index >= 15 is 0 Å². The van der Waals surface area contributed by atoms with E-state index in [1.807, 2.05) is 30.3 Å². The van der Waals surface area contributed by atoms with Crippen LogP contribution in [0.5, 0.6) is 0 Å². The van der Waals surface area contributed by atoms with Gasteiger partial charge >= 0.3 is 0 Å². The molecule has 1 aliphatic carbocycles. The molecule has 1 aliphatic rings. The molecule has 0 aromatic heterocycles. The highest BCUT2D eigenvalue weighted by molar-refractivity contribution is 5.34. The van der Waals surface area contributed by atoms with Crippen LogP contribution in [0.4, 0.5) is 0 Å². The SMILES string of the molecule is C=COC(C#Cc1ccccc1)C1CCCCC1. The second kappa shape index (κ2) is 6.91. The molecular weight excluding hydrogens is 220 g/mol. The van der Waals surface area contributed by atoms with E-state index in [-0.39, 0.29) is 6.10 Å². The van der Waals surface area contributed by atoms with Gasteiger partial charge in [-0.15, -0.1) is 0 Å². The summed E-state index contributed by atoms with van der Waals surface area (Å²) >= 11 is 0. The fourth-order valence-electron chi connectivity index (χ4n) is 2.48. The van der Waals surface area contributed by atoms with E-state index in [1.165, 1.54) is 38.4 Å². The first-order chi connectivity index (χ1) is 8.90. The summed E-state index contributed by atoms with van der Waals surface area (Å²) in [5.41, 5.74) is 1.05. The predicted octanol–water partition coefficient (Wildman–Crippen LogP) is 4.15. The van der Waals surface area contributed by atoms with Crippen LogP contribution in [-0.2, 0) is 4.74 Å². The Kier molecular flexibility index (Phi) is 4.90. The molecule has 18 heavy (non-hydrogen) atoms. The van der Waals surface area contributed by atoms with Crippen LogP contribution in [0.25, 0.3) is 0 Å². The van der Waals surface area contributed by atoms with Crippen LogP contribution in [0.1, 0.15) is 37.7 Å². The summed E-state index contributed by atoms with van der Waals surface area (Å²) < 4.78 is 5.59. The van der Waals surface area contributed by atoms with Crippen molar-refractivity contribution >= 4 is 0 Å². The molecule has 0 bridgehead atoms. The Labute approximate surface area is 110 Å². The maximum absolute atomic E-state index is 5.59. The van der Waals surface area contributed by atoms with Gasteiger partial charge in [-0.05, 0) is 25.0 Å². The van der Waals surface area contributed by atoms with E-state index in [0.29, 0.717) is 5.92 Å². The zero-order valence-corrected chi connectivity index (χ0v) is 10.8. The Morgan fingerprint density at radius 2 is 1.89 bits per heavy atom. The number of ether oxygens (including phenoxy) is 1. The molecule has 0 aliphatic heterocycles. The molecule has 0 spiro atoms. The summed E-state index contributed by atoms with van der Waals surface area (Å²) in [6, 6.07) is 10.1. The molecule has 1 heteroatoms. The summed E-state index contributed by atoms with van der Waals surface area (Å²) in [6.45, 7) is 3.66. The van der Waals surface area contributed by atoms with Gasteiger partial charge in [-0.3, -0.25) is 0 Å². The van der Waals surface area contributed by atoms with Gasteiger partial charge in [0.05, 0.1) is 6.26 Å². The van der Waals surface area contributed by atoms with E-state index in [4.69, 9.17) is 4.74 Å². The van der Waals surface area contributed by atoms with Crippen molar-refractivity contribution in [3.05, 3.63) is 48.7 Å². The molecule has 1 atom stereocenters. The average molecular weight is 240 g/mol. The lowest BCUT2D eigenvalue weighted by molar-refractivity contribution is 0.112. The van der Waals surface area contributed by atoms with E-state index in [9.17, 15) is 0 Å². The van der Waals surface area contributed by atoms with Gasteiger partial charge in [-0.2, -0.15) is 0 Å². The summed E-state index contributed by atoms with van der Waals surface area (Å²) in [5.74, 6) is 7.03. The zero-order chi connectivity index (χ0) is 12.6. The summed E-state index contributed by atoms with van der Waals surface area (Å²) in [7, 11) is 0. The Morgan fingerprint density at radius 1 is 1.17 bits per heavy atom. The molecule has 2 rings (SSSR count). The standard InChI is InChI=1S/C17H20O/c1-2-18-17(16-11-7-4-8-12-16)14-13-15-9-5-3-6-10-15/h2-3,5-6,9-10,16-17H,1,4,7-8,11-12H2. The molecule has 0 heterocycles. The normalized spacial score (nSPS) is 17.3. The van der Waals surface area contributed by atoms with Gasteiger partial charge in [0.1, 0.15) is 0 Å². The largest absolute Gasteiger partial charge is 0.486 e. The van der Waals surface area contributed by atoms with Crippen LogP contribution in [0.15, 0.2) is 43.2 Å². The third kappa shape index (κ3) is 3.67. The minimum atomic E-state index is 0.00278. The molecule has 1 aromatic carbocycles. The fraction of sp³-hybridized carbons (Fsp3) is 0.412.